The minimum absolute atomic E-state index is 0.0876. The van der Waals surface area contributed by atoms with Crippen LogP contribution in [0, 0.1) is 5.82 Å². The quantitative estimate of drug-likeness (QED) is 0.771. The molecule has 0 spiro atoms. The summed E-state index contributed by atoms with van der Waals surface area (Å²) < 4.78 is 14.5. The molecule has 2 aromatic carbocycles. The molecule has 1 N–H and O–H groups in total. The number of carbonyl (C=O) groups excluding carboxylic acids is 1. The zero-order valence-electron chi connectivity index (χ0n) is 13.4. The molecule has 0 saturated carbocycles. The highest BCUT2D eigenvalue weighted by Gasteiger charge is 2.21. The normalized spacial score (nSPS) is 12.1. The summed E-state index contributed by atoms with van der Waals surface area (Å²) >= 11 is 5.73. The smallest absolute Gasteiger partial charge is 0.261 e. The predicted molar refractivity (Wildman–Crippen MR) is 95.4 cm³/mol. The van der Waals surface area contributed by atoms with Crippen LogP contribution < -0.4 is 10.9 Å². The van der Waals surface area contributed by atoms with Crippen molar-refractivity contribution in [1.82, 2.24) is 9.55 Å². The van der Waals surface area contributed by atoms with Crippen LogP contribution in [0.3, 0.4) is 0 Å². The van der Waals surface area contributed by atoms with Crippen molar-refractivity contribution in [3.05, 3.63) is 70.0 Å². The Hall–Kier alpha value is -2.73. The summed E-state index contributed by atoms with van der Waals surface area (Å²) in [6, 6.07) is 10.1. The molecule has 0 saturated heterocycles. The third kappa shape index (κ3) is 3.39. The number of anilines is 1. The standard InChI is InChI=1S/C18H15ClFN3O2/c1-2-16(17(24)22-11-7-8-14(20)13(19)9-11)23-10-21-15-6-4-3-5-12(15)18(23)25/h3-10,16H,2H2,1H3,(H,22,24). The second kappa shape index (κ2) is 7.03. The van der Waals surface area contributed by atoms with Gasteiger partial charge in [0.2, 0.25) is 5.91 Å². The molecule has 7 heteroatoms. The lowest BCUT2D eigenvalue weighted by Crippen LogP contribution is -2.33. The lowest BCUT2D eigenvalue weighted by molar-refractivity contribution is -0.119. The number of benzene rings is 2. The molecule has 0 radical (unpaired) electrons. The van der Waals surface area contributed by atoms with E-state index in [0.29, 0.717) is 23.0 Å². The van der Waals surface area contributed by atoms with Crippen LogP contribution in [-0.2, 0) is 4.79 Å². The van der Waals surface area contributed by atoms with E-state index in [1.54, 1.807) is 31.2 Å². The topological polar surface area (TPSA) is 64.0 Å². The highest BCUT2D eigenvalue weighted by Crippen LogP contribution is 2.21. The van der Waals surface area contributed by atoms with E-state index in [-0.39, 0.29) is 10.6 Å². The van der Waals surface area contributed by atoms with Gasteiger partial charge in [-0.25, -0.2) is 9.37 Å². The lowest BCUT2D eigenvalue weighted by atomic mass is 10.1. The Labute approximate surface area is 148 Å². The van der Waals surface area contributed by atoms with E-state index < -0.39 is 17.8 Å². The molecule has 25 heavy (non-hydrogen) atoms. The van der Waals surface area contributed by atoms with Crippen molar-refractivity contribution in [2.45, 2.75) is 19.4 Å². The number of aromatic nitrogens is 2. The van der Waals surface area contributed by atoms with Crippen LogP contribution in [0.4, 0.5) is 10.1 Å². The molecule has 0 fully saturated rings. The molecule has 0 aliphatic rings. The maximum atomic E-state index is 13.2. The molecule has 5 nitrogen and oxygen atoms in total. The summed E-state index contributed by atoms with van der Waals surface area (Å²) in [6.45, 7) is 1.80. The second-order valence-electron chi connectivity index (χ2n) is 5.52. The number of amides is 1. The lowest BCUT2D eigenvalue weighted by Gasteiger charge is -2.18. The number of halogens is 2. The van der Waals surface area contributed by atoms with Crippen molar-refractivity contribution in [3.8, 4) is 0 Å². The van der Waals surface area contributed by atoms with Crippen LogP contribution in [0.2, 0.25) is 5.02 Å². The molecular weight excluding hydrogens is 345 g/mol. The zero-order valence-corrected chi connectivity index (χ0v) is 14.1. The maximum absolute atomic E-state index is 13.2. The number of rotatable bonds is 4. The molecule has 1 heterocycles. The summed E-state index contributed by atoms with van der Waals surface area (Å²) in [6.07, 6.45) is 1.76. The fourth-order valence-electron chi connectivity index (χ4n) is 2.61. The number of para-hydroxylation sites is 1. The molecule has 3 rings (SSSR count). The minimum atomic E-state index is -0.742. The van der Waals surface area contributed by atoms with E-state index in [0.717, 1.165) is 0 Å². The first-order valence-corrected chi connectivity index (χ1v) is 8.11. The molecule has 1 amide bonds. The van der Waals surface area contributed by atoms with Gasteiger partial charge in [0.15, 0.2) is 0 Å². The first-order chi connectivity index (χ1) is 12.0. The Bertz CT molecular complexity index is 1000. The van der Waals surface area contributed by atoms with Crippen LogP contribution in [0.1, 0.15) is 19.4 Å². The van der Waals surface area contributed by atoms with Crippen molar-refractivity contribution in [2.24, 2.45) is 0 Å². The maximum Gasteiger partial charge on any atom is 0.261 e. The first-order valence-electron chi connectivity index (χ1n) is 7.73. The van der Waals surface area contributed by atoms with Gasteiger partial charge in [0.1, 0.15) is 11.9 Å². The largest absolute Gasteiger partial charge is 0.324 e. The van der Waals surface area contributed by atoms with Crippen LogP contribution in [0.5, 0.6) is 0 Å². The highest BCUT2D eigenvalue weighted by atomic mass is 35.5. The third-order valence-corrected chi connectivity index (χ3v) is 4.19. The van der Waals surface area contributed by atoms with Gasteiger partial charge < -0.3 is 5.32 Å². The van der Waals surface area contributed by atoms with Gasteiger partial charge in [0.05, 0.1) is 22.3 Å². The number of nitrogens with one attached hydrogen (secondary N) is 1. The number of hydrogen-bond donors (Lipinski definition) is 1. The fourth-order valence-corrected chi connectivity index (χ4v) is 2.79. The van der Waals surface area contributed by atoms with E-state index in [1.807, 2.05) is 0 Å². The summed E-state index contributed by atoms with van der Waals surface area (Å²) in [5.74, 6) is -0.967. The van der Waals surface area contributed by atoms with E-state index in [4.69, 9.17) is 11.6 Å². The summed E-state index contributed by atoms with van der Waals surface area (Å²) in [4.78, 5) is 29.5. The molecule has 1 unspecified atom stereocenters. The molecule has 1 atom stereocenters. The van der Waals surface area contributed by atoms with E-state index in [9.17, 15) is 14.0 Å². The summed E-state index contributed by atoms with van der Waals surface area (Å²) in [5.41, 5.74) is 0.644. The van der Waals surface area contributed by atoms with E-state index in [1.165, 1.54) is 29.1 Å². The number of nitrogens with zero attached hydrogens (tertiary/aromatic N) is 2. The Balaban J connectivity index is 1.94. The van der Waals surface area contributed by atoms with Gasteiger partial charge in [-0.05, 0) is 36.8 Å². The Kier molecular flexibility index (Phi) is 4.81. The molecule has 0 bridgehead atoms. The predicted octanol–water partition coefficient (Wildman–Crippen LogP) is 3.78. The van der Waals surface area contributed by atoms with Gasteiger partial charge in [-0.1, -0.05) is 30.7 Å². The molecule has 128 valence electrons. The van der Waals surface area contributed by atoms with Gasteiger partial charge in [0.25, 0.3) is 5.56 Å². The average Bonchev–Trinajstić information content (AvgIpc) is 2.61. The first kappa shape index (κ1) is 17.1. The Morgan fingerprint density at radius 3 is 2.80 bits per heavy atom. The molecule has 0 aliphatic heterocycles. The number of carbonyl (C=O) groups is 1. The van der Waals surface area contributed by atoms with Gasteiger partial charge >= 0.3 is 0 Å². The van der Waals surface area contributed by atoms with E-state index in [2.05, 4.69) is 10.3 Å². The zero-order chi connectivity index (χ0) is 18.0. The molecule has 0 aliphatic carbocycles. The van der Waals surface area contributed by atoms with Crippen LogP contribution >= 0.6 is 11.6 Å². The van der Waals surface area contributed by atoms with Crippen molar-refractivity contribution < 1.29 is 9.18 Å². The average molecular weight is 360 g/mol. The molecule has 3 aromatic rings. The van der Waals surface area contributed by atoms with Gasteiger partial charge in [-0.3, -0.25) is 14.2 Å². The van der Waals surface area contributed by atoms with Crippen LogP contribution in [-0.4, -0.2) is 15.5 Å². The van der Waals surface area contributed by atoms with Crippen LogP contribution in [0.25, 0.3) is 10.9 Å². The summed E-state index contributed by atoms with van der Waals surface area (Å²) in [5, 5.41) is 3.02. The van der Waals surface area contributed by atoms with Crippen LogP contribution in [0.15, 0.2) is 53.6 Å². The van der Waals surface area contributed by atoms with E-state index >= 15 is 0 Å². The number of hydrogen-bond acceptors (Lipinski definition) is 3. The van der Waals surface area contributed by atoms with Crippen molar-refractivity contribution in [2.75, 3.05) is 5.32 Å². The van der Waals surface area contributed by atoms with Crippen molar-refractivity contribution in [1.29, 1.82) is 0 Å². The monoisotopic (exact) mass is 359 g/mol. The van der Waals surface area contributed by atoms with Crippen molar-refractivity contribution in [3.63, 3.8) is 0 Å². The van der Waals surface area contributed by atoms with Gasteiger partial charge in [-0.15, -0.1) is 0 Å². The van der Waals surface area contributed by atoms with Gasteiger partial charge in [-0.2, -0.15) is 0 Å². The van der Waals surface area contributed by atoms with Gasteiger partial charge in [0, 0.05) is 5.69 Å². The Morgan fingerprint density at radius 1 is 1.32 bits per heavy atom. The highest BCUT2D eigenvalue weighted by molar-refractivity contribution is 6.31. The SMILES string of the molecule is CCC(C(=O)Nc1ccc(F)c(Cl)c1)n1cnc2ccccc2c1=O. The number of fused-ring (bicyclic) bond motifs is 1. The third-order valence-electron chi connectivity index (χ3n) is 3.90. The summed E-state index contributed by atoms with van der Waals surface area (Å²) in [7, 11) is 0. The van der Waals surface area contributed by atoms with Crippen molar-refractivity contribution >= 4 is 34.1 Å². The minimum Gasteiger partial charge on any atom is -0.324 e. The molecular formula is C18H15ClFN3O2. The Morgan fingerprint density at radius 2 is 2.08 bits per heavy atom. The second-order valence-corrected chi connectivity index (χ2v) is 5.92. The fraction of sp³-hybridized carbons (Fsp3) is 0.167. The molecule has 1 aromatic heterocycles.